The number of rotatable bonds is 3. The molecule has 2 aromatic heterocycles. The molecule has 6 heteroatoms. The van der Waals surface area contributed by atoms with Crippen LogP contribution in [0.2, 0.25) is 0 Å². The summed E-state index contributed by atoms with van der Waals surface area (Å²) >= 11 is 0. The van der Waals surface area contributed by atoms with Crippen molar-refractivity contribution in [3.8, 4) is 0 Å². The van der Waals surface area contributed by atoms with Crippen molar-refractivity contribution >= 4 is 11.0 Å². The van der Waals surface area contributed by atoms with Gasteiger partial charge in [-0.15, -0.1) is 10.2 Å². The minimum atomic E-state index is 0.861. The van der Waals surface area contributed by atoms with Gasteiger partial charge >= 0.3 is 0 Å². The van der Waals surface area contributed by atoms with Crippen LogP contribution in [0.15, 0.2) is 24.3 Å². The predicted molar refractivity (Wildman–Crippen MR) is 80.1 cm³/mol. The minimum Gasteiger partial charge on any atom is -0.342 e. The van der Waals surface area contributed by atoms with Crippen LogP contribution in [0.3, 0.4) is 0 Å². The Morgan fingerprint density at radius 2 is 2.05 bits per heavy atom. The first-order valence-electron chi connectivity index (χ1n) is 7.45. The SMILES string of the molecule is c1ccc2[nH]c(CCc3nnc4n3CCNCC4)nc2c1. The molecule has 0 bridgehead atoms. The molecule has 2 N–H and O–H groups in total. The third-order valence-corrected chi connectivity index (χ3v) is 3.97. The van der Waals surface area contributed by atoms with E-state index in [2.05, 4.69) is 36.1 Å². The number of hydrogen-bond donors (Lipinski definition) is 2. The third kappa shape index (κ3) is 2.42. The first-order valence-corrected chi connectivity index (χ1v) is 7.45. The van der Waals surface area contributed by atoms with Crippen molar-refractivity contribution in [3.05, 3.63) is 41.7 Å². The Hall–Kier alpha value is -2.21. The topological polar surface area (TPSA) is 71.4 Å². The van der Waals surface area contributed by atoms with Gasteiger partial charge in [-0.25, -0.2) is 4.98 Å². The maximum Gasteiger partial charge on any atom is 0.134 e. The summed E-state index contributed by atoms with van der Waals surface area (Å²) in [5.41, 5.74) is 2.12. The lowest BCUT2D eigenvalue weighted by Crippen LogP contribution is -2.18. The van der Waals surface area contributed by atoms with Gasteiger partial charge in [0.25, 0.3) is 0 Å². The van der Waals surface area contributed by atoms with E-state index in [1.165, 1.54) is 0 Å². The molecular weight excluding hydrogens is 264 g/mol. The van der Waals surface area contributed by atoms with Gasteiger partial charge in [0.05, 0.1) is 11.0 Å². The highest BCUT2D eigenvalue weighted by Gasteiger charge is 2.14. The molecule has 4 rings (SSSR count). The zero-order valence-corrected chi connectivity index (χ0v) is 11.8. The molecule has 0 saturated carbocycles. The number of aromatic nitrogens is 5. The molecular formula is C15H18N6. The minimum absolute atomic E-state index is 0.861. The second-order valence-electron chi connectivity index (χ2n) is 5.38. The lowest BCUT2D eigenvalue weighted by atomic mass is 10.3. The number of fused-ring (bicyclic) bond motifs is 2. The largest absolute Gasteiger partial charge is 0.342 e. The average Bonchev–Trinajstić information content (AvgIpc) is 3.01. The molecule has 3 aromatic rings. The zero-order chi connectivity index (χ0) is 14.1. The molecule has 0 aliphatic carbocycles. The Labute approximate surface area is 122 Å². The van der Waals surface area contributed by atoms with Crippen LogP contribution in [0.25, 0.3) is 11.0 Å². The lowest BCUT2D eigenvalue weighted by Gasteiger charge is -2.05. The van der Waals surface area contributed by atoms with Crippen LogP contribution in [0.1, 0.15) is 17.5 Å². The summed E-state index contributed by atoms with van der Waals surface area (Å²) in [5.74, 6) is 3.18. The predicted octanol–water partition coefficient (Wildman–Crippen LogP) is 1.09. The van der Waals surface area contributed by atoms with Crippen LogP contribution in [-0.4, -0.2) is 37.8 Å². The molecule has 1 aromatic carbocycles. The summed E-state index contributed by atoms with van der Waals surface area (Å²) in [6, 6.07) is 8.12. The summed E-state index contributed by atoms with van der Waals surface area (Å²) in [6.07, 6.45) is 2.69. The van der Waals surface area contributed by atoms with Gasteiger partial charge in [0.15, 0.2) is 0 Å². The van der Waals surface area contributed by atoms with Crippen LogP contribution in [0.4, 0.5) is 0 Å². The molecule has 0 unspecified atom stereocenters. The van der Waals surface area contributed by atoms with Crippen molar-refractivity contribution in [2.24, 2.45) is 0 Å². The van der Waals surface area contributed by atoms with Gasteiger partial charge in [0.1, 0.15) is 17.5 Å². The number of benzene rings is 1. The van der Waals surface area contributed by atoms with E-state index in [0.717, 1.165) is 67.4 Å². The molecule has 0 saturated heterocycles. The standard InChI is InChI=1S/C15H18N6/c1-2-4-12-11(3-1)17-13(18-12)5-6-14-19-20-15-7-8-16-9-10-21(14)15/h1-4,16H,5-10H2,(H,17,18). The van der Waals surface area contributed by atoms with Crippen LogP contribution in [-0.2, 0) is 25.8 Å². The quantitative estimate of drug-likeness (QED) is 0.754. The lowest BCUT2D eigenvalue weighted by molar-refractivity contribution is 0.613. The van der Waals surface area contributed by atoms with Crippen molar-refractivity contribution in [2.75, 3.05) is 13.1 Å². The number of nitrogens with one attached hydrogen (secondary N) is 2. The fraction of sp³-hybridized carbons (Fsp3) is 0.400. The number of H-pyrrole nitrogens is 1. The normalized spacial score (nSPS) is 15.0. The van der Waals surface area contributed by atoms with E-state index in [0.29, 0.717) is 0 Å². The highest BCUT2D eigenvalue weighted by molar-refractivity contribution is 5.74. The Morgan fingerprint density at radius 1 is 1.10 bits per heavy atom. The smallest absolute Gasteiger partial charge is 0.134 e. The fourth-order valence-electron chi connectivity index (χ4n) is 2.87. The number of para-hydroxylation sites is 2. The summed E-state index contributed by atoms with van der Waals surface area (Å²) in [6.45, 7) is 2.93. The van der Waals surface area contributed by atoms with Gasteiger partial charge in [-0.05, 0) is 12.1 Å². The number of aromatic amines is 1. The van der Waals surface area contributed by atoms with Crippen molar-refractivity contribution in [1.82, 2.24) is 30.0 Å². The molecule has 0 amide bonds. The number of hydrogen-bond acceptors (Lipinski definition) is 4. The van der Waals surface area contributed by atoms with Crippen molar-refractivity contribution < 1.29 is 0 Å². The Balaban J connectivity index is 1.53. The Morgan fingerprint density at radius 3 is 3.00 bits per heavy atom. The molecule has 21 heavy (non-hydrogen) atoms. The maximum absolute atomic E-state index is 4.62. The zero-order valence-electron chi connectivity index (χ0n) is 11.8. The average molecular weight is 282 g/mol. The van der Waals surface area contributed by atoms with E-state index < -0.39 is 0 Å². The van der Waals surface area contributed by atoms with Gasteiger partial charge in [-0.2, -0.15) is 0 Å². The van der Waals surface area contributed by atoms with Crippen molar-refractivity contribution in [2.45, 2.75) is 25.8 Å². The Kier molecular flexibility index (Phi) is 3.16. The molecule has 0 radical (unpaired) electrons. The Bertz CT molecular complexity index is 723. The van der Waals surface area contributed by atoms with Crippen LogP contribution in [0.5, 0.6) is 0 Å². The van der Waals surface area contributed by atoms with Gasteiger partial charge in [0.2, 0.25) is 0 Å². The molecule has 108 valence electrons. The van der Waals surface area contributed by atoms with E-state index in [1.54, 1.807) is 0 Å². The highest BCUT2D eigenvalue weighted by atomic mass is 15.3. The van der Waals surface area contributed by atoms with E-state index in [9.17, 15) is 0 Å². The molecule has 3 heterocycles. The van der Waals surface area contributed by atoms with Crippen LogP contribution in [0, 0.1) is 0 Å². The van der Waals surface area contributed by atoms with Crippen LogP contribution >= 0.6 is 0 Å². The van der Waals surface area contributed by atoms with E-state index >= 15 is 0 Å². The molecule has 6 nitrogen and oxygen atoms in total. The van der Waals surface area contributed by atoms with Gasteiger partial charge < -0.3 is 14.9 Å². The third-order valence-electron chi connectivity index (χ3n) is 3.97. The molecule has 1 aliphatic heterocycles. The van der Waals surface area contributed by atoms with E-state index in [-0.39, 0.29) is 0 Å². The van der Waals surface area contributed by atoms with Crippen molar-refractivity contribution in [3.63, 3.8) is 0 Å². The van der Waals surface area contributed by atoms with E-state index in [1.807, 2.05) is 18.2 Å². The molecule has 0 fully saturated rings. The van der Waals surface area contributed by atoms with Crippen molar-refractivity contribution in [1.29, 1.82) is 0 Å². The number of nitrogens with zero attached hydrogens (tertiary/aromatic N) is 4. The summed E-state index contributed by atoms with van der Waals surface area (Å²) in [5, 5.41) is 12.1. The number of aryl methyl sites for hydroxylation is 2. The monoisotopic (exact) mass is 282 g/mol. The van der Waals surface area contributed by atoms with E-state index in [4.69, 9.17) is 0 Å². The molecule has 0 atom stereocenters. The fourth-order valence-corrected chi connectivity index (χ4v) is 2.87. The van der Waals surface area contributed by atoms with Gasteiger partial charge in [-0.3, -0.25) is 0 Å². The van der Waals surface area contributed by atoms with Gasteiger partial charge in [0, 0.05) is 38.9 Å². The maximum atomic E-state index is 4.62. The summed E-state index contributed by atoms with van der Waals surface area (Å²) in [4.78, 5) is 7.99. The first kappa shape index (κ1) is 12.5. The number of imidazole rings is 1. The van der Waals surface area contributed by atoms with Gasteiger partial charge in [-0.1, -0.05) is 12.1 Å². The second kappa shape index (κ2) is 5.29. The molecule has 1 aliphatic rings. The summed E-state index contributed by atoms with van der Waals surface area (Å²) in [7, 11) is 0. The second-order valence-corrected chi connectivity index (χ2v) is 5.38. The first-order chi connectivity index (χ1) is 10.4. The molecule has 0 spiro atoms. The van der Waals surface area contributed by atoms with Crippen LogP contribution < -0.4 is 5.32 Å². The summed E-state index contributed by atoms with van der Waals surface area (Å²) < 4.78 is 2.25. The highest BCUT2D eigenvalue weighted by Crippen LogP contribution is 2.13.